The average molecular weight is 313 g/mol. The highest BCUT2D eigenvalue weighted by Crippen LogP contribution is 2.23. The topological polar surface area (TPSA) is 71.8 Å². The molecule has 3 aromatic rings. The number of aromatic nitrogens is 2. The van der Waals surface area contributed by atoms with Gasteiger partial charge in [-0.3, -0.25) is 4.21 Å². The zero-order valence-corrected chi connectivity index (χ0v) is 13.8. The van der Waals surface area contributed by atoms with Gasteiger partial charge in [0.15, 0.2) is 5.16 Å². The first-order chi connectivity index (χ1) is 10.5. The summed E-state index contributed by atoms with van der Waals surface area (Å²) in [5, 5.41) is 0.498. The predicted molar refractivity (Wildman–Crippen MR) is 91.3 cm³/mol. The molecule has 22 heavy (non-hydrogen) atoms. The van der Waals surface area contributed by atoms with Crippen LogP contribution >= 0.6 is 0 Å². The minimum Gasteiger partial charge on any atom is -0.398 e. The number of nitrogens with zero attached hydrogens (tertiary/aromatic N) is 1. The van der Waals surface area contributed by atoms with Crippen molar-refractivity contribution in [2.75, 3.05) is 5.73 Å². The van der Waals surface area contributed by atoms with Gasteiger partial charge in [0.25, 0.3) is 0 Å². The molecule has 1 atom stereocenters. The number of fused-ring (bicyclic) bond motifs is 1. The Balaban J connectivity index is 1.92. The number of imidazole rings is 1. The maximum Gasteiger partial charge on any atom is 0.197 e. The number of nitrogen functional groups attached to an aromatic ring is 1. The lowest BCUT2D eigenvalue weighted by molar-refractivity contribution is 0.677. The van der Waals surface area contributed by atoms with E-state index in [0.29, 0.717) is 10.9 Å². The highest BCUT2D eigenvalue weighted by Gasteiger charge is 2.13. The van der Waals surface area contributed by atoms with E-state index in [1.807, 2.05) is 51.1 Å². The first-order valence-electron chi connectivity index (χ1n) is 7.15. The lowest BCUT2D eigenvalue weighted by Crippen LogP contribution is -2.04. The molecule has 0 bridgehead atoms. The van der Waals surface area contributed by atoms with Crippen LogP contribution in [0.2, 0.25) is 0 Å². The summed E-state index contributed by atoms with van der Waals surface area (Å²) in [6.07, 6.45) is 0. The Hall–Kier alpha value is -2.14. The van der Waals surface area contributed by atoms with Crippen LogP contribution in [0.25, 0.3) is 11.0 Å². The number of hydrogen-bond donors (Lipinski definition) is 2. The van der Waals surface area contributed by atoms with Crippen LogP contribution in [0, 0.1) is 20.8 Å². The van der Waals surface area contributed by atoms with Gasteiger partial charge >= 0.3 is 0 Å². The Morgan fingerprint density at radius 3 is 2.73 bits per heavy atom. The van der Waals surface area contributed by atoms with Crippen molar-refractivity contribution in [3.63, 3.8) is 0 Å². The van der Waals surface area contributed by atoms with Crippen LogP contribution in [0.5, 0.6) is 0 Å². The summed E-state index contributed by atoms with van der Waals surface area (Å²) < 4.78 is 12.6. The maximum absolute atomic E-state index is 12.6. The number of nitrogens with two attached hydrogens (primary N) is 1. The smallest absolute Gasteiger partial charge is 0.197 e. The molecule has 0 saturated heterocycles. The molecule has 1 unspecified atom stereocenters. The lowest BCUT2D eigenvalue weighted by Gasteiger charge is -2.09. The number of hydrogen-bond acceptors (Lipinski definition) is 3. The van der Waals surface area contributed by atoms with Crippen molar-refractivity contribution in [3.05, 3.63) is 52.6 Å². The van der Waals surface area contributed by atoms with Crippen molar-refractivity contribution in [2.45, 2.75) is 31.7 Å². The fourth-order valence-electron chi connectivity index (χ4n) is 2.44. The van der Waals surface area contributed by atoms with E-state index >= 15 is 0 Å². The van der Waals surface area contributed by atoms with Gasteiger partial charge in [-0.05, 0) is 55.2 Å². The molecule has 3 N–H and O–H groups in total. The average Bonchev–Trinajstić information content (AvgIpc) is 2.91. The van der Waals surface area contributed by atoms with Gasteiger partial charge in [0.05, 0.1) is 27.6 Å². The van der Waals surface area contributed by atoms with E-state index in [2.05, 4.69) is 9.97 Å². The van der Waals surface area contributed by atoms with E-state index < -0.39 is 10.8 Å². The Labute approximate surface area is 132 Å². The molecular weight excluding hydrogens is 294 g/mol. The first kappa shape index (κ1) is 14.8. The summed E-state index contributed by atoms with van der Waals surface area (Å²) in [4.78, 5) is 7.57. The van der Waals surface area contributed by atoms with Crippen LogP contribution in [-0.4, -0.2) is 14.2 Å². The van der Waals surface area contributed by atoms with Crippen molar-refractivity contribution in [2.24, 2.45) is 0 Å². The molecule has 4 nitrogen and oxygen atoms in total. The second-order valence-electron chi connectivity index (χ2n) is 5.63. The quantitative estimate of drug-likeness (QED) is 0.728. The van der Waals surface area contributed by atoms with Gasteiger partial charge in [0.2, 0.25) is 0 Å². The fourth-order valence-corrected chi connectivity index (χ4v) is 3.53. The van der Waals surface area contributed by atoms with Gasteiger partial charge in [-0.2, -0.15) is 0 Å². The molecule has 0 aliphatic rings. The fraction of sp³-hybridized carbons (Fsp3) is 0.235. The lowest BCUT2D eigenvalue weighted by atomic mass is 10.0. The molecule has 1 aromatic heterocycles. The molecule has 0 radical (unpaired) electrons. The van der Waals surface area contributed by atoms with E-state index in [1.165, 1.54) is 0 Å². The first-order valence-corrected chi connectivity index (χ1v) is 8.47. The third-order valence-electron chi connectivity index (χ3n) is 3.99. The minimum absolute atomic E-state index is 0.367. The number of rotatable bonds is 3. The van der Waals surface area contributed by atoms with Gasteiger partial charge in [0.1, 0.15) is 0 Å². The third kappa shape index (κ3) is 2.64. The summed E-state index contributed by atoms with van der Waals surface area (Å²) in [5.41, 5.74) is 12.9. The van der Waals surface area contributed by atoms with Crippen molar-refractivity contribution < 1.29 is 4.21 Å². The van der Waals surface area contributed by atoms with E-state index in [-0.39, 0.29) is 0 Å². The van der Waals surface area contributed by atoms with Crippen LogP contribution in [0.1, 0.15) is 22.3 Å². The van der Waals surface area contributed by atoms with Crippen molar-refractivity contribution in [3.8, 4) is 0 Å². The number of benzene rings is 2. The Morgan fingerprint density at radius 1 is 1.18 bits per heavy atom. The molecule has 0 aliphatic heterocycles. The molecule has 0 saturated carbocycles. The summed E-state index contributed by atoms with van der Waals surface area (Å²) in [5.74, 6) is 0.367. The van der Waals surface area contributed by atoms with Crippen LogP contribution < -0.4 is 5.73 Å². The monoisotopic (exact) mass is 313 g/mol. The molecule has 0 spiro atoms. The summed E-state index contributed by atoms with van der Waals surface area (Å²) >= 11 is 0. The SMILES string of the molecule is Cc1ccc2nc(S(=O)Cc3ccc(C)c(C)c3N)[nH]c2c1. The predicted octanol–water partition coefficient (Wildman–Crippen LogP) is 3.38. The zero-order valence-electron chi connectivity index (χ0n) is 12.9. The molecule has 114 valence electrons. The van der Waals surface area contributed by atoms with Crippen molar-refractivity contribution in [1.82, 2.24) is 9.97 Å². The van der Waals surface area contributed by atoms with Gasteiger partial charge < -0.3 is 10.7 Å². The summed E-state index contributed by atoms with van der Waals surface area (Å²) in [6.45, 7) is 6.03. The second kappa shape index (κ2) is 5.57. The Kier molecular flexibility index (Phi) is 3.74. The Bertz CT molecular complexity index is 883. The van der Waals surface area contributed by atoms with Crippen LogP contribution in [-0.2, 0) is 16.6 Å². The molecule has 0 aliphatic carbocycles. The van der Waals surface area contributed by atoms with Gasteiger partial charge in [-0.15, -0.1) is 0 Å². The number of aromatic amines is 1. The van der Waals surface area contributed by atoms with Gasteiger partial charge in [0, 0.05) is 5.69 Å². The number of nitrogens with one attached hydrogen (secondary N) is 1. The van der Waals surface area contributed by atoms with E-state index in [1.54, 1.807) is 0 Å². The standard InChI is InChI=1S/C17H19N3OS/c1-10-4-7-14-15(8-10)20-17(19-14)22(21)9-13-6-5-11(2)12(3)16(13)18/h4-8H,9,18H2,1-3H3,(H,19,20). The molecule has 5 heteroatoms. The molecule has 1 heterocycles. The second-order valence-corrected chi connectivity index (χ2v) is 7.00. The minimum atomic E-state index is -1.25. The third-order valence-corrected chi connectivity index (χ3v) is 5.19. The van der Waals surface area contributed by atoms with E-state index in [0.717, 1.165) is 39.0 Å². The molecule has 0 amide bonds. The summed E-state index contributed by atoms with van der Waals surface area (Å²) in [7, 11) is -1.25. The Morgan fingerprint density at radius 2 is 1.95 bits per heavy atom. The largest absolute Gasteiger partial charge is 0.398 e. The van der Waals surface area contributed by atoms with Crippen LogP contribution in [0.3, 0.4) is 0 Å². The molecule has 3 rings (SSSR count). The molecular formula is C17H19N3OS. The van der Waals surface area contributed by atoms with Gasteiger partial charge in [-0.25, -0.2) is 4.98 Å². The van der Waals surface area contributed by atoms with E-state index in [9.17, 15) is 4.21 Å². The van der Waals surface area contributed by atoms with Crippen LogP contribution in [0.4, 0.5) is 5.69 Å². The van der Waals surface area contributed by atoms with Crippen molar-refractivity contribution in [1.29, 1.82) is 0 Å². The zero-order chi connectivity index (χ0) is 15.9. The van der Waals surface area contributed by atoms with Crippen molar-refractivity contribution >= 4 is 27.5 Å². The molecule has 2 aromatic carbocycles. The summed E-state index contributed by atoms with van der Waals surface area (Å²) in [6, 6.07) is 9.90. The highest BCUT2D eigenvalue weighted by atomic mass is 32.2. The van der Waals surface area contributed by atoms with Crippen LogP contribution in [0.15, 0.2) is 35.5 Å². The number of H-pyrrole nitrogens is 1. The van der Waals surface area contributed by atoms with Gasteiger partial charge in [-0.1, -0.05) is 18.2 Å². The normalized spacial score (nSPS) is 12.7. The van der Waals surface area contributed by atoms with E-state index in [4.69, 9.17) is 5.73 Å². The number of aryl methyl sites for hydroxylation is 2. The highest BCUT2D eigenvalue weighted by molar-refractivity contribution is 7.84. The molecule has 0 fully saturated rings. The number of anilines is 1. The maximum atomic E-state index is 12.6.